The molecule has 1 aliphatic heterocycles. The number of ether oxygens (including phenoxy) is 1. The maximum absolute atomic E-state index is 12.6. The first-order valence-electron chi connectivity index (χ1n) is 8.04. The third-order valence-electron chi connectivity index (χ3n) is 4.00. The molecule has 1 aromatic carbocycles. The van der Waals surface area contributed by atoms with Crippen molar-refractivity contribution in [2.24, 2.45) is 0 Å². The van der Waals surface area contributed by atoms with Crippen molar-refractivity contribution in [3.8, 4) is 0 Å². The molecule has 8 nitrogen and oxygen atoms in total. The fraction of sp³-hybridized carbons (Fsp3) is 0.500. The monoisotopic (exact) mass is 369 g/mol. The Labute approximate surface area is 147 Å². The van der Waals surface area contributed by atoms with E-state index in [1.54, 1.807) is 23.1 Å². The van der Waals surface area contributed by atoms with E-state index in [2.05, 4.69) is 4.72 Å². The summed E-state index contributed by atoms with van der Waals surface area (Å²) in [6, 6.07) is 7.01. The van der Waals surface area contributed by atoms with Crippen molar-refractivity contribution in [3.63, 3.8) is 0 Å². The molecule has 0 aromatic heterocycles. The zero-order valence-corrected chi connectivity index (χ0v) is 15.2. The predicted molar refractivity (Wildman–Crippen MR) is 91.4 cm³/mol. The molecule has 1 fully saturated rings. The number of amides is 2. The van der Waals surface area contributed by atoms with Crippen LogP contribution in [0.2, 0.25) is 0 Å². The van der Waals surface area contributed by atoms with Crippen LogP contribution in [-0.4, -0.2) is 69.5 Å². The third-order valence-corrected chi connectivity index (χ3v) is 5.55. The van der Waals surface area contributed by atoms with E-state index in [9.17, 15) is 18.0 Å². The van der Waals surface area contributed by atoms with E-state index in [-0.39, 0.29) is 10.8 Å². The quantitative estimate of drug-likeness (QED) is 0.841. The van der Waals surface area contributed by atoms with Gasteiger partial charge < -0.3 is 14.5 Å². The van der Waals surface area contributed by atoms with Crippen LogP contribution in [0, 0.1) is 0 Å². The molecule has 2 rings (SSSR count). The Bertz CT molecular complexity index is 708. The molecule has 2 amide bonds. The maximum Gasteiger partial charge on any atom is 0.409 e. The molecule has 1 atom stereocenters. The average molecular weight is 369 g/mol. The summed E-state index contributed by atoms with van der Waals surface area (Å²) in [5, 5.41) is 0. The summed E-state index contributed by atoms with van der Waals surface area (Å²) in [6.45, 7) is 3.18. The fourth-order valence-electron chi connectivity index (χ4n) is 2.67. The molecule has 0 spiro atoms. The Kier molecular flexibility index (Phi) is 6.38. The van der Waals surface area contributed by atoms with Gasteiger partial charge in [-0.2, -0.15) is 4.72 Å². The van der Waals surface area contributed by atoms with Gasteiger partial charge in [0.05, 0.1) is 18.0 Å². The smallest absolute Gasteiger partial charge is 0.409 e. The molecule has 0 aliphatic carbocycles. The van der Waals surface area contributed by atoms with E-state index in [1.165, 1.54) is 31.1 Å². The van der Waals surface area contributed by atoms with E-state index < -0.39 is 22.2 Å². The second-order valence-corrected chi connectivity index (χ2v) is 7.51. The van der Waals surface area contributed by atoms with Crippen molar-refractivity contribution < 1.29 is 22.7 Å². The topological polar surface area (TPSA) is 96.0 Å². The molecule has 1 aromatic rings. The highest BCUT2D eigenvalue weighted by Crippen LogP contribution is 2.10. The van der Waals surface area contributed by atoms with Crippen molar-refractivity contribution >= 4 is 22.0 Å². The van der Waals surface area contributed by atoms with Crippen LogP contribution in [0.1, 0.15) is 13.3 Å². The molecule has 0 radical (unpaired) electrons. The summed E-state index contributed by atoms with van der Waals surface area (Å²) < 4.78 is 31.8. The first kappa shape index (κ1) is 19.2. The van der Waals surface area contributed by atoms with Gasteiger partial charge in [-0.15, -0.1) is 0 Å². The molecule has 1 heterocycles. The zero-order chi connectivity index (χ0) is 18.4. The van der Waals surface area contributed by atoms with Crippen molar-refractivity contribution in [1.82, 2.24) is 14.5 Å². The van der Waals surface area contributed by atoms with Crippen LogP contribution < -0.4 is 4.72 Å². The summed E-state index contributed by atoms with van der Waals surface area (Å²) in [7, 11) is -2.45. The van der Waals surface area contributed by atoms with E-state index in [0.29, 0.717) is 32.6 Å². The van der Waals surface area contributed by atoms with Gasteiger partial charge in [-0.3, -0.25) is 4.79 Å². The Hall–Kier alpha value is -2.13. The minimum atomic E-state index is -3.76. The first-order valence-corrected chi connectivity index (χ1v) is 9.52. The number of nitrogens with one attached hydrogen (secondary N) is 1. The maximum atomic E-state index is 12.6. The summed E-state index contributed by atoms with van der Waals surface area (Å²) in [5.74, 6) is -0.314. The van der Waals surface area contributed by atoms with Gasteiger partial charge in [0.25, 0.3) is 0 Å². The third kappa shape index (κ3) is 4.93. The number of methoxy groups -OCH3 is 1. The van der Waals surface area contributed by atoms with Gasteiger partial charge in [0.15, 0.2) is 0 Å². The highest BCUT2D eigenvalue weighted by molar-refractivity contribution is 7.89. The number of carbonyl (C=O) groups is 2. The van der Waals surface area contributed by atoms with Gasteiger partial charge in [0, 0.05) is 26.2 Å². The molecule has 1 aliphatic rings. The van der Waals surface area contributed by atoms with Gasteiger partial charge in [-0.1, -0.05) is 18.2 Å². The number of carbonyl (C=O) groups excluding carboxylic acids is 2. The SMILES string of the molecule is COC(=O)N1CCCN(C(=O)[C@H](C)NS(=O)(=O)c2ccccc2)CC1. The normalized spacial score (nSPS) is 16.9. The van der Waals surface area contributed by atoms with E-state index in [0.717, 1.165) is 0 Å². The first-order chi connectivity index (χ1) is 11.8. The number of benzene rings is 1. The van der Waals surface area contributed by atoms with Gasteiger partial charge in [0.1, 0.15) is 0 Å². The van der Waals surface area contributed by atoms with E-state index in [1.807, 2.05) is 0 Å². The second-order valence-electron chi connectivity index (χ2n) is 5.79. The van der Waals surface area contributed by atoms with Gasteiger partial charge >= 0.3 is 6.09 Å². The number of sulfonamides is 1. The van der Waals surface area contributed by atoms with Gasteiger partial charge in [0.2, 0.25) is 15.9 Å². The lowest BCUT2D eigenvalue weighted by atomic mass is 10.3. The predicted octanol–water partition coefficient (Wildman–Crippen LogP) is 0.654. The van der Waals surface area contributed by atoms with Crippen molar-refractivity contribution in [1.29, 1.82) is 0 Å². The number of hydrogen-bond donors (Lipinski definition) is 1. The molecule has 1 N–H and O–H groups in total. The molecule has 0 bridgehead atoms. The molecule has 0 saturated carbocycles. The van der Waals surface area contributed by atoms with Crippen LogP contribution >= 0.6 is 0 Å². The summed E-state index contributed by atoms with van der Waals surface area (Å²) >= 11 is 0. The summed E-state index contributed by atoms with van der Waals surface area (Å²) in [4.78, 5) is 27.4. The number of hydrogen-bond acceptors (Lipinski definition) is 5. The molecule has 138 valence electrons. The Morgan fingerprint density at radius 3 is 2.32 bits per heavy atom. The van der Waals surface area contributed by atoms with Crippen molar-refractivity contribution in [2.75, 3.05) is 33.3 Å². The summed E-state index contributed by atoms with van der Waals surface area (Å²) in [5.41, 5.74) is 0. The van der Waals surface area contributed by atoms with Crippen LogP contribution in [0.25, 0.3) is 0 Å². The minimum absolute atomic E-state index is 0.113. The second kappa shape index (κ2) is 8.30. The lowest BCUT2D eigenvalue weighted by Gasteiger charge is -2.25. The molecule has 9 heteroatoms. The van der Waals surface area contributed by atoms with Gasteiger partial charge in [-0.25, -0.2) is 13.2 Å². The molecular weight excluding hydrogens is 346 g/mol. The lowest BCUT2D eigenvalue weighted by molar-refractivity contribution is -0.132. The van der Waals surface area contributed by atoms with Crippen molar-refractivity contribution in [3.05, 3.63) is 30.3 Å². The number of rotatable bonds is 4. The van der Waals surface area contributed by atoms with E-state index in [4.69, 9.17) is 4.74 Å². The number of nitrogens with zero attached hydrogens (tertiary/aromatic N) is 2. The van der Waals surface area contributed by atoms with Crippen LogP contribution in [0.5, 0.6) is 0 Å². The Morgan fingerprint density at radius 1 is 1.08 bits per heavy atom. The summed E-state index contributed by atoms with van der Waals surface area (Å²) in [6.07, 6.45) is 0.186. The largest absolute Gasteiger partial charge is 0.453 e. The molecule has 0 unspecified atom stereocenters. The van der Waals surface area contributed by atoms with Crippen LogP contribution in [0.3, 0.4) is 0 Å². The fourth-order valence-corrected chi connectivity index (χ4v) is 3.89. The molecule has 25 heavy (non-hydrogen) atoms. The Balaban J connectivity index is 1.99. The standard InChI is InChI=1S/C16H23N3O5S/c1-13(17-25(22,23)14-7-4-3-5-8-14)15(20)18-9-6-10-19(12-11-18)16(21)24-2/h3-5,7-8,13,17H,6,9-12H2,1-2H3/t13-/m0/s1. The highest BCUT2D eigenvalue weighted by atomic mass is 32.2. The Morgan fingerprint density at radius 2 is 1.68 bits per heavy atom. The molecule has 1 saturated heterocycles. The highest BCUT2D eigenvalue weighted by Gasteiger charge is 2.28. The van der Waals surface area contributed by atoms with Crippen LogP contribution in [-0.2, 0) is 19.6 Å². The minimum Gasteiger partial charge on any atom is -0.453 e. The van der Waals surface area contributed by atoms with Crippen molar-refractivity contribution in [2.45, 2.75) is 24.3 Å². The zero-order valence-electron chi connectivity index (χ0n) is 14.3. The van der Waals surface area contributed by atoms with Crippen LogP contribution in [0.15, 0.2) is 35.2 Å². The van der Waals surface area contributed by atoms with Crippen LogP contribution in [0.4, 0.5) is 4.79 Å². The average Bonchev–Trinajstić information content (AvgIpc) is 2.87. The van der Waals surface area contributed by atoms with E-state index >= 15 is 0 Å². The van der Waals surface area contributed by atoms with Gasteiger partial charge in [-0.05, 0) is 25.5 Å². The molecular formula is C16H23N3O5S. The lowest BCUT2D eigenvalue weighted by Crippen LogP contribution is -2.48.